The Morgan fingerprint density at radius 1 is 1.31 bits per heavy atom. The summed E-state index contributed by atoms with van der Waals surface area (Å²) in [5.41, 5.74) is 6.10. The molecule has 5 nitrogen and oxygen atoms in total. The Hall–Kier alpha value is -1.01. The number of nitrogens with zero attached hydrogens (tertiary/aromatic N) is 3. The molecule has 16 heavy (non-hydrogen) atoms. The van der Waals surface area contributed by atoms with Gasteiger partial charge in [0, 0.05) is 37.7 Å². The Kier molecular flexibility index (Phi) is 4.24. The van der Waals surface area contributed by atoms with Crippen LogP contribution in [0.5, 0.6) is 0 Å². The van der Waals surface area contributed by atoms with Crippen LogP contribution in [0.4, 0.5) is 11.6 Å². The zero-order valence-electron chi connectivity index (χ0n) is 9.22. The molecule has 2 heterocycles. The summed E-state index contributed by atoms with van der Waals surface area (Å²) < 4.78 is 0. The standard InChI is InChI=1S/C10H17N5S/c11-9-7-13-10(14-8-9)12-1-2-15-3-5-16-6-4-15/h7-8H,1-6,11H2,(H,12,13,14). The van der Waals surface area contributed by atoms with Crippen LogP contribution in [0.3, 0.4) is 0 Å². The highest BCUT2D eigenvalue weighted by atomic mass is 32.2. The molecule has 0 atom stereocenters. The summed E-state index contributed by atoms with van der Waals surface area (Å²) in [5.74, 6) is 3.15. The molecule has 0 spiro atoms. The van der Waals surface area contributed by atoms with Crippen molar-refractivity contribution >= 4 is 23.4 Å². The molecule has 1 fully saturated rings. The van der Waals surface area contributed by atoms with Crippen molar-refractivity contribution in [3.05, 3.63) is 12.4 Å². The lowest BCUT2D eigenvalue weighted by atomic mass is 10.4. The minimum absolute atomic E-state index is 0.596. The second kappa shape index (κ2) is 5.91. The number of rotatable bonds is 4. The predicted octanol–water partition coefficient (Wildman–Crippen LogP) is 0.519. The van der Waals surface area contributed by atoms with Crippen molar-refractivity contribution in [2.24, 2.45) is 0 Å². The van der Waals surface area contributed by atoms with Crippen molar-refractivity contribution in [2.45, 2.75) is 0 Å². The SMILES string of the molecule is Nc1cnc(NCCN2CCSCC2)nc1. The third-order valence-electron chi connectivity index (χ3n) is 2.49. The lowest BCUT2D eigenvalue weighted by molar-refractivity contribution is 0.314. The maximum absolute atomic E-state index is 5.51. The average Bonchev–Trinajstić information content (AvgIpc) is 2.33. The van der Waals surface area contributed by atoms with E-state index in [0.717, 1.165) is 13.1 Å². The van der Waals surface area contributed by atoms with Crippen molar-refractivity contribution < 1.29 is 0 Å². The van der Waals surface area contributed by atoms with Crippen LogP contribution in [-0.2, 0) is 0 Å². The largest absolute Gasteiger partial charge is 0.396 e. The Labute approximate surface area is 99.8 Å². The zero-order chi connectivity index (χ0) is 11.2. The molecule has 0 aliphatic carbocycles. The fourth-order valence-electron chi connectivity index (χ4n) is 1.58. The zero-order valence-corrected chi connectivity index (χ0v) is 10.0. The summed E-state index contributed by atoms with van der Waals surface area (Å²) in [6, 6.07) is 0. The lowest BCUT2D eigenvalue weighted by Crippen LogP contribution is -2.36. The summed E-state index contributed by atoms with van der Waals surface area (Å²) in [5, 5.41) is 3.19. The molecule has 88 valence electrons. The third-order valence-corrected chi connectivity index (χ3v) is 3.43. The molecule has 0 aromatic carbocycles. The van der Waals surface area contributed by atoms with Gasteiger partial charge in [-0.15, -0.1) is 0 Å². The van der Waals surface area contributed by atoms with Gasteiger partial charge in [0.15, 0.2) is 0 Å². The molecule has 0 amide bonds. The number of thioether (sulfide) groups is 1. The number of nitrogen functional groups attached to an aromatic ring is 1. The maximum Gasteiger partial charge on any atom is 0.222 e. The van der Waals surface area contributed by atoms with Gasteiger partial charge < -0.3 is 11.1 Å². The number of nitrogens with one attached hydrogen (secondary N) is 1. The van der Waals surface area contributed by atoms with Gasteiger partial charge in [0.05, 0.1) is 18.1 Å². The predicted molar refractivity (Wildman–Crippen MR) is 68.7 cm³/mol. The first-order valence-corrected chi connectivity index (χ1v) is 6.61. The van der Waals surface area contributed by atoms with E-state index in [-0.39, 0.29) is 0 Å². The summed E-state index contributed by atoms with van der Waals surface area (Å²) in [6.07, 6.45) is 3.24. The molecule has 0 bridgehead atoms. The van der Waals surface area contributed by atoms with Crippen LogP contribution in [0.15, 0.2) is 12.4 Å². The number of aromatic nitrogens is 2. The Balaban J connectivity index is 1.69. The maximum atomic E-state index is 5.51. The van der Waals surface area contributed by atoms with Crippen LogP contribution in [0.1, 0.15) is 0 Å². The van der Waals surface area contributed by atoms with Crippen molar-refractivity contribution in [3.63, 3.8) is 0 Å². The molecular weight excluding hydrogens is 222 g/mol. The molecule has 1 aliphatic rings. The second-order valence-electron chi connectivity index (χ2n) is 3.72. The van der Waals surface area contributed by atoms with Gasteiger partial charge in [-0.25, -0.2) is 9.97 Å². The van der Waals surface area contributed by atoms with Crippen molar-refractivity contribution in [1.29, 1.82) is 0 Å². The van der Waals surface area contributed by atoms with E-state index < -0.39 is 0 Å². The molecule has 0 saturated carbocycles. The molecule has 1 aromatic heterocycles. The first-order valence-electron chi connectivity index (χ1n) is 5.46. The van der Waals surface area contributed by atoms with Crippen molar-refractivity contribution in [3.8, 4) is 0 Å². The summed E-state index contributed by atoms with van der Waals surface area (Å²) in [6.45, 7) is 4.31. The van der Waals surface area contributed by atoms with E-state index in [2.05, 4.69) is 20.2 Å². The smallest absolute Gasteiger partial charge is 0.222 e. The van der Waals surface area contributed by atoms with Crippen LogP contribution in [0, 0.1) is 0 Å². The fourth-order valence-corrected chi connectivity index (χ4v) is 2.56. The summed E-state index contributed by atoms with van der Waals surface area (Å²) in [4.78, 5) is 10.6. The molecule has 1 saturated heterocycles. The Bertz CT molecular complexity index is 309. The minimum atomic E-state index is 0.596. The van der Waals surface area contributed by atoms with Gasteiger partial charge in [-0.2, -0.15) is 11.8 Å². The van der Waals surface area contributed by atoms with Crippen molar-refractivity contribution in [2.75, 3.05) is 48.7 Å². The highest BCUT2D eigenvalue weighted by Crippen LogP contribution is 2.08. The topological polar surface area (TPSA) is 67.1 Å². The van der Waals surface area contributed by atoms with E-state index in [0.29, 0.717) is 11.6 Å². The van der Waals surface area contributed by atoms with Crippen LogP contribution in [0.25, 0.3) is 0 Å². The number of hydrogen-bond acceptors (Lipinski definition) is 6. The van der Waals surface area contributed by atoms with E-state index in [1.54, 1.807) is 12.4 Å². The van der Waals surface area contributed by atoms with Gasteiger partial charge in [0.2, 0.25) is 5.95 Å². The monoisotopic (exact) mass is 239 g/mol. The van der Waals surface area contributed by atoms with Gasteiger partial charge in [0.25, 0.3) is 0 Å². The van der Waals surface area contributed by atoms with E-state index >= 15 is 0 Å². The normalized spacial score (nSPS) is 17.2. The molecule has 1 aromatic rings. The minimum Gasteiger partial charge on any atom is -0.396 e. The van der Waals surface area contributed by atoms with Gasteiger partial charge >= 0.3 is 0 Å². The fraction of sp³-hybridized carbons (Fsp3) is 0.600. The number of hydrogen-bond donors (Lipinski definition) is 2. The molecule has 3 N–H and O–H groups in total. The molecular formula is C10H17N5S. The van der Waals surface area contributed by atoms with E-state index in [1.807, 2.05) is 11.8 Å². The van der Waals surface area contributed by atoms with Crippen LogP contribution < -0.4 is 11.1 Å². The first kappa shape index (κ1) is 11.5. The number of nitrogens with two attached hydrogens (primary N) is 1. The third kappa shape index (κ3) is 3.53. The average molecular weight is 239 g/mol. The van der Waals surface area contributed by atoms with Crippen LogP contribution >= 0.6 is 11.8 Å². The molecule has 0 radical (unpaired) electrons. The molecule has 1 aliphatic heterocycles. The first-order chi connectivity index (χ1) is 7.84. The van der Waals surface area contributed by atoms with Crippen molar-refractivity contribution in [1.82, 2.24) is 14.9 Å². The molecule has 6 heteroatoms. The highest BCUT2D eigenvalue weighted by Gasteiger charge is 2.09. The summed E-state index contributed by atoms with van der Waals surface area (Å²) in [7, 11) is 0. The van der Waals surface area contributed by atoms with Gasteiger partial charge in [-0.05, 0) is 0 Å². The highest BCUT2D eigenvalue weighted by molar-refractivity contribution is 7.99. The van der Waals surface area contributed by atoms with Gasteiger partial charge in [-0.1, -0.05) is 0 Å². The molecule has 0 unspecified atom stereocenters. The van der Waals surface area contributed by atoms with E-state index in [1.165, 1.54) is 24.6 Å². The van der Waals surface area contributed by atoms with Gasteiger partial charge in [0.1, 0.15) is 0 Å². The van der Waals surface area contributed by atoms with E-state index in [9.17, 15) is 0 Å². The molecule has 2 rings (SSSR count). The number of anilines is 2. The Morgan fingerprint density at radius 2 is 2.00 bits per heavy atom. The van der Waals surface area contributed by atoms with E-state index in [4.69, 9.17) is 5.73 Å². The summed E-state index contributed by atoms with van der Waals surface area (Å²) >= 11 is 2.03. The van der Waals surface area contributed by atoms with Gasteiger partial charge in [-0.3, -0.25) is 4.90 Å². The van der Waals surface area contributed by atoms with Crippen LogP contribution in [-0.4, -0.2) is 52.6 Å². The van der Waals surface area contributed by atoms with Crippen LogP contribution in [0.2, 0.25) is 0 Å². The Morgan fingerprint density at radius 3 is 2.69 bits per heavy atom. The second-order valence-corrected chi connectivity index (χ2v) is 4.95. The quantitative estimate of drug-likeness (QED) is 0.798. The lowest BCUT2D eigenvalue weighted by Gasteiger charge is -2.25.